The van der Waals surface area contributed by atoms with Gasteiger partial charge in [-0.1, -0.05) is 12.1 Å². The van der Waals surface area contributed by atoms with Crippen LogP contribution >= 0.6 is 0 Å². The van der Waals surface area contributed by atoms with Gasteiger partial charge in [0.05, 0.1) is 6.54 Å². The molecular formula is C23H36N3O+. The number of nitrogens with one attached hydrogen (secondary N) is 2. The first kappa shape index (κ1) is 18.8. The smallest absolute Gasteiger partial charge is 0.275 e. The fourth-order valence-corrected chi connectivity index (χ4v) is 6.34. The van der Waals surface area contributed by atoms with Crippen molar-refractivity contribution in [2.45, 2.75) is 57.5 Å². The van der Waals surface area contributed by atoms with Crippen molar-refractivity contribution in [3.8, 4) is 0 Å². The molecule has 4 saturated carbocycles. The molecule has 2 N–H and O–H groups in total. The summed E-state index contributed by atoms with van der Waals surface area (Å²) in [4.78, 5) is 16.4. The molecule has 1 aromatic carbocycles. The Morgan fingerprint density at radius 2 is 1.63 bits per heavy atom. The molecule has 0 spiro atoms. The number of carbonyl (C=O) groups excluding carboxylic acids is 1. The zero-order chi connectivity index (χ0) is 19.0. The van der Waals surface area contributed by atoms with E-state index in [0.29, 0.717) is 6.54 Å². The average molecular weight is 371 g/mol. The Kier molecular flexibility index (Phi) is 5.19. The van der Waals surface area contributed by atoms with Crippen LogP contribution in [-0.4, -0.2) is 38.6 Å². The molecule has 4 nitrogen and oxygen atoms in total. The van der Waals surface area contributed by atoms with Gasteiger partial charge in [-0.25, -0.2) is 0 Å². The van der Waals surface area contributed by atoms with E-state index in [-0.39, 0.29) is 11.4 Å². The van der Waals surface area contributed by atoms with Crippen LogP contribution in [0.2, 0.25) is 0 Å². The summed E-state index contributed by atoms with van der Waals surface area (Å²) in [7, 11) is 4.13. The molecule has 27 heavy (non-hydrogen) atoms. The highest BCUT2D eigenvalue weighted by Crippen LogP contribution is 2.55. The Labute approximate surface area is 164 Å². The van der Waals surface area contributed by atoms with Crippen LogP contribution in [-0.2, 0) is 11.3 Å². The first-order chi connectivity index (χ1) is 12.9. The van der Waals surface area contributed by atoms with E-state index in [9.17, 15) is 4.79 Å². The van der Waals surface area contributed by atoms with Gasteiger partial charge in [-0.2, -0.15) is 0 Å². The molecule has 0 aromatic heterocycles. The number of likely N-dealkylation sites (N-methyl/N-ethyl adjacent to an activating group) is 1. The Hall–Kier alpha value is -1.55. The van der Waals surface area contributed by atoms with E-state index in [1.54, 1.807) is 0 Å². The van der Waals surface area contributed by atoms with Crippen LogP contribution in [0.4, 0.5) is 5.69 Å². The number of hydrogen-bond acceptors (Lipinski definition) is 2. The zero-order valence-electron chi connectivity index (χ0n) is 17.3. The number of anilines is 1. The van der Waals surface area contributed by atoms with Crippen LogP contribution in [0.25, 0.3) is 0 Å². The highest BCUT2D eigenvalue weighted by Gasteiger charge is 2.51. The summed E-state index contributed by atoms with van der Waals surface area (Å²) in [6, 6.07) is 8.72. The number of nitrogens with zero attached hydrogens (tertiary/aromatic N) is 1. The predicted molar refractivity (Wildman–Crippen MR) is 110 cm³/mol. The zero-order valence-corrected chi connectivity index (χ0v) is 17.3. The maximum atomic E-state index is 12.9. The van der Waals surface area contributed by atoms with E-state index < -0.39 is 0 Å². The van der Waals surface area contributed by atoms with Crippen molar-refractivity contribution in [3.63, 3.8) is 0 Å². The lowest BCUT2D eigenvalue weighted by Crippen LogP contribution is -3.11. The summed E-state index contributed by atoms with van der Waals surface area (Å²) < 4.78 is 0. The van der Waals surface area contributed by atoms with E-state index in [4.69, 9.17) is 0 Å². The van der Waals surface area contributed by atoms with Gasteiger partial charge in [0.15, 0.2) is 6.54 Å². The minimum absolute atomic E-state index is 0.137. The van der Waals surface area contributed by atoms with Gasteiger partial charge in [0.25, 0.3) is 5.91 Å². The second kappa shape index (κ2) is 7.46. The molecule has 4 bridgehead atoms. The topological polar surface area (TPSA) is 36.8 Å². The number of amides is 1. The molecule has 1 unspecified atom stereocenters. The molecule has 0 saturated heterocycles. The standard InChI is InChI=1S/C23H35N3O/c1-4-26(15-17-5-7-21(8-6-17)25(2)3)16-22(27)24-23-12-18-9-19(13-23)11-20(10-18)14-23/h5-8,18-20H,4,9-16H2,1-3H3,(H,24,27)/p+1. The number of benzene rings is 1. The highest BCUT2D eigenvalue weighted by molar-refractivity contribution is 5.77. The molecule has 0 aliphatic heterocycles. The largest absolute Gasteiger partial charge is 0.378 e. The van der Waals surface area contributed by atoms with E-state index in [2.05, 4.69) is 55.5 Å². The van der Waals surface area contributed by atoms with Crippen molar-refractivity contribution in [2.75, 3.05) is 32.1 Å². The summed E-state index contributed by atoms with van der Waals surface area (Å²) in [5.74, 6) is 2.89. The molecule has 1 amide bonds. The van der Waals surface area contributed by atoms with Crippen molar-refractivity contribution in [1.82, 2.24) is 5.32 Å². The molecule has 0 radical (unpaired) electrons. The molecule has 0 heterocycles. The van der Waals surface area contributed by atoms with E-state index in [1.165, 1.54) is 54.7 Å². The molecule has 4 aliphatic rings. The first-order valence-electron chi connectivity index (χ1n) is 10.9. The second-order valence-electron chi connectivity index (χ2n) is 9.76. The third kappa shape index (κ3) is 4.16. The van der Waals surface area contributed by atoms with Gasteiger partial charge < -0.3 is 15.1 Å². The third-order valence-corrected chi connectivity index (χ3v) is 7.26. The van der Waals surface area contributed by atoms with E-state index in [1.807, 2.05) is 0 Å². The summed E-state index contributed by atoms with van der Waals surface area (Å²) in [6.07, 6.45) is 7.97. The Morgan fingerprint density at radius 1 is 1.07 bits per heavy atom. The van der Waals surface area contributed by atoms with Gasteiger partial charge >= 0.3 is 0 Å². The van der Waals surface area contributed by atoms with Crippen molar-refractivity contribution in [1.29, 1.82) is 0 Å². The lowest BCUT2D eigenvalue weighted by molar-refractivity contribution is -0.904. The van der Waals surface area contributed by atoms with Gasteiger partial charge in [-0.05, 0) is 75.3 Å². The van der Waals surface area contributed by atoms with E-state index in [0.717, 1.165) is 30.8 Å². The average Bonchev–Trinajstić information content (AvgIpc) is 2.59. The Bertz CT molecular complexity index is 631. The second-order valence-corrected chi connectivity index (χ2v) is 9.76. The summed E-state index contributed by atoms with van der Waals surface area (Å²) >= 11 is 0. The predicted octanol–water partition coefficient (Wildman–Crippen LogP) is 2.24. The van der Waals surface area contributed by atoms with Gasteiger partial charge in [0, 0.05) is 30.9 Å². The quantitative estimate of drug-likeness (QED) is 0.772. The molecular weight excluding hydrogens is 334 g/mol. The van der Waals surface area contributed by atoms with Gasteiger partial charge in [-0.3, -0.25) is 4.79 Å². The first-order valence-corrected chi connectivity index (χ1v) is 10.9. The van der Waals surface area contributed by atoms with Crippen molar-refractivity contribution >= 4 is 11.6 Å². The molecule has 1 atom stereocenters. The SMILES string of the molecule is CC[NH+](CC(=O)NC12CC3CC(CC(C3)C1)C2)Cc1ccc(N(C)C)cc1. The Morgan fingerprint density at radius 3 is 2.11 bits per heavy atom. The van der Waals surface area contributed by atoms with Crippen LogP contribution in [0, 0.1) is 17.8 Å². The minimum Gasteiger partial charge on any atom is -0.378 e. The molecule has 148 valence electrons. The lowest BCUT2D eigenvalue weighted by Gasteiger charge is -2.56. The maximum absolute atomic E-state index is 12.9. The number of quaternary nitrogens is 1. The monoisotopic (exact) mass is 370 g/mol. The van der Waals surface area contributed by atoms with Crippen molar-refractivity contribution in [2.24, 2.45) is 17.8 Å². The third-order valence-electron chi connectivity index (χ3n) is 7.26. The van der Waals surface area contributed by atoms with Crippen LogP contribution in [0.5, 0.6) is 0 Å². The molecule has 4 heteroatoms. The van der Waals surface area contributed by atoms with E-state index >= 15 is 0 Å². The summed E-state index contributed by atoms with van der Waals surface area (Å²) in [5.41, 5.74) is 2.66. The summed E-state index contributed by atoms with van der Waals surface area (Å²) in [6.45, 7) is 4.66. The number of rotatable bonds is 7. The van der Waals surface area contributed by atoms with Gasteiger partial charge in [0.2, 0.25) is 0 Å². The fraction of sp³-hybridized carbons (Fsp3) is 0.696. The summed E-state index contributed by atoms with van der Waals surface area (Å²) in [5, 5.41) is 3.53. The lowest BCUT2D eigenvalue weighted by atomic mass is 9.53. The highest BCUT2D eigenvalue weighted by atomic mass is 16.2. The Balaban J connectivity index is 1.34. The minimum atomic E-state index is 0.137. The maximum Gasteiger partial charge on any atom is 0.275 e. The molecule has 5 rings (SSSR count). The van der Waals surface area contributed by atoms with Gasteiger partial charge in [0.1, 0.15) is 6.54 Å². The van der Waals surface area contributed by atoms with Gasteiger partial charge in [-0.15, -0.1) is 0 Å². The molecule has 4 fully saturated rings. The number of carbonyl (C=O) groups is 1. The van der Waals surface area contributed by atoms with Crippen LogP contribution in [0.1, 0.15) is 51.0 Å². The normalized spacial score (nSPS) is 32.3. The number of hydrogen-bond donors (Lipinski definition) is 2. The van der Waals surface area contributed by atoms with Crippen LogP contribution in [0.15, 0.2) is 24.3 Å². The van der Waals surface area contributed by atoms with Crippen molar-refractivity contribution in [3.05, 3.63) is 29.8 Å². The molecule has 4 aliphatic carbocycles. The van der Waals surface area contributed by atoms with Crippen molar-refractivity contribution < 1.29 is 9.69 Å². The fourth-order valence-electron chi connectivity index (χ4n) is 6.34. The van der Waals surface area contributed by atoms with Crippen LogP contribution in [0.3, 0.4) is 0 Å². The van der Waals surface area contributed by atoms with Crippen LogP contribution < -0.4 is 15.1 Å². The molecule has 1 aromatic rings.